The SMILES string of the molecule is CC[C@H](C)[C@H](NS(=O)(=O)c1ccc(Cl)s1)C(O)c1ccc(F)cc1. The largest absolute Gasteiger partial charge is 0.387 e. The molecule has 1 unspecified atom stereocenters. The van der Waals surface area contributed by atoms with Crippen LogP contribution in [-0.2, 0) is 10.0 Å². The van der Waals surface area contributed by atoms with Crippen molar-refractivity contribution >= 4 is 33.0 Å². The fraction of sp³-hybridized carbons (Fsp3) is 0.375. The highest BCUT2D eigenvalue weighted by atomic mass is 35.5. The Labute approximate surface area is 150 Å². The smallest absolute Gasteiger partial charge is 0.250 e. The lowest BCUT2D eigenvalue weighted by Gasteiger charge is -2.28. The molecule has 24 heavy (non-hydrogen) atoms. The van der Waals surface area contributed by atoms with E-state index in [2.05, 4.69) is 4.72 Å². The number of halogens is 2. The quantitative estimate of drug-likeness (QED) is 0.750. The maximum atomic E-state index is 13.1. The van der Waals surface area contributed by atoms with E-state index in [1.165, 1.54) is 36.4 Å². The number of aliphatic hydroxyl groups excluding tert-OH is 1. The number of hydrogen-bond acceptors (Lipinski definition) is 4. The van der Waals surface area contributed by atoms with Gasteiger partial charge in [-0.1, -0.05) is 44.0 Å². The van der Waals surface area contributed by atoms with Crippen LogP contribution < -0.4 is 4.72 Å². The minimum absolute atomic E-state index is 0.0899. The molecule has 2 aromatic rings. The first kappa shape index (κ1) is 19.3. The minimum atomic E-state index is -3.80. The summed E-state index contributed by atoms with van der Waals surface area (Å²) in [6.07, 6.45) is -0.429. The van der Waals surface area contributed by atoms with Crippen LogP contribution in [0.1, 0.15) is 31.9 Å². The maximum absolute atomic E-state index is 13.1. The second-order valence-corrected chi connectivity index (χ2v) is 9.24. The van der Waals surface area contributed by atoms with Gasteiger partial charge >= 0.3 is 0 Å². The van der Waals surface area contributed by atoms with Crippen LogP contribution in [0.4, 0.5) is 4.39 Å². The zero-order chi connectivity index (χ0) is 17.9. The predicted molar refractivity (Wildman–Crippen MR) is 94.3 cm³/mol. The van der Waals surface area contributed by atoms with Crippen molar-refractivity contribution < 1.29 is 17.9 Å². The molecule has 0 aliphatic rings. The molecule has 0 radical (unpaired) electrons. The van der Waals surface area contributed by atoms with Gasteiger partial charge in [0.25, 0.3) is 0 Å². The third-order valence-corrected chi connectivity index (χ3v) is 7.10. The standard InChI is InChI=1S/C16H19ClFNO3S2/c1-3-10(2)15(16(20)11-4-6-12(18)7-5-11)19-24(21,22)14-9-8-13(17)23-14/h4-10,15-16,19-20H,3H2,1-2H3/t10-,15-,16?/m0/s1. The third kappa shape index (κ3) is 4.55. The van der Waals surface area contributed by atoms with Crippen LogP contribution in [0.5, 0.6) is 0 Å². The van der Waals surface area contributed by atoms with Crippen LogP contribution in [0.2, 0.25) is 4.34 Å². The Bertz CT molecular complexity index is 777. The lowest BCUT2D eigenvalue weighted by Crippen LogP contribution is -2.43. The van der Waals surface area contributed by atoms with Crippen LogP contribution in [0.15, 0.2) is 40.6 Å². The molecule has 1 aromatic heterocycles. The summed E-state index contributed by atoms with van der Waals surface area (Å²) in [5.74, 6) is -0.546. The highest BCUT2D eigenvalue weighted by molar-refractivity contribution is 7.91. The van der Waals surface area contributed by atoms with Gasteiger partial charge in [0, 0.05) is 0 Å². The molecule has 0 saturated heterocycles. The van der Waals surface area contributed by atoms with E-state index in [1.54, 1.807) is 0 Å². The summed E-state index contributed by atoms with van der Waals surface area (Å²) in [5.41, 5.74) is 0.452. The molecular formula is C16H19ClFNO3S2. The number of benzene rings is 1. The van der Waals surface area contributed by atoms with Crippen molar-refractivity contribution in [3.63, 3.8) is 0 Å². The first-order valence-electron chi connectivity index (χ1n) is 7.45. The first-order chi connectivity index (χ1) is 11.2. The number of rotatable bonds is 7. The Hall–Kier alpha value is -0.990. The molecule has 0 spiro atoms. The Balaban J connectivity index is 2.30. The van der Waals surface area contributed by atoms with E-state index in [0.29, 0.717) is 16.3 Å². The van der Waals surface area contributed by atoms with Gasteiger partial charge in [0.05, 0.1) is 16.5 Å². The van der Waals surface area contributed by atoms with E-state index in [1.807, 2.05) is 13.8 Å². The fourth-order valence-corrected chi connectivity index (χ4v) is 5.14. The molecular weight excluding hydrogens is 373 g/mol. The van der Waals surface area contributed by atoms with E-state index in [-0.39, 0.29) is 10.1 Å². The first-order valence-corrected chi connectivity index (χ1v) is 10.1. The summed E-state index contributed by atoms with van der Waals surface area (Å²) in [5, 5.41) is 10.6. The van der Waals surface area contributed by atoms with Crippen molar-refractivity contribution in [1.29, 1.82) is 0 Å². The normalized spacial score (nSPS) is 15.9. The highest BCUT2D eigenvalue weighted by Gasteiger charge is 2.31. The molecule has 1 heterocycles. The number of nitrogens with one attached hydrogen (secondary N) is 1. The van der Waals surface area contributed by atoms with E-state index in [9.17, 15) is 17.9 Å². The molecule has 8 heteroatoms. The van der Waals surface area contributed by atoms with Crippen molar-refractivity contribution in [3.8, 4) is 0 Å². The molecule has 0 fully saturated rings. The lowest BCUT2D eigenvalue weighted by molar-refractivity contribution is 0.112. The Morgan fingerprint density at radius 3 is 2.38 bits per heavy atom. The molecule has 2 rings (SSSR count). The highest BCUT2D eigenvalue weighted by Crippen LogP contribution is 2.29. The summed E-state index contributed by atoms with van der Waals surface area (Å²) in [6.45, 7) is 3.76. The van der Waals surface area contributed by atoms with Crippen molar-refractivity contribution in [2.45, 2.75) is 36.6 Å². The van der Waals surface area contributed by atoms with E-state index >= 15 is 0 Å². The van der Waals surface area contributed by atoms with Crippen LogP contribution in [0.25, 0.3) is 0 Å². The number of thiophene rings is 1. The zero-order valence-electron chi connectivity index (χ0n) is 13.2. The second kappa shape index (κ2) is 7.93. The second-order valence-electron chi connectivity index (χ2n) is 5.59. The van der Waals surface area contributed by atoms with Gasteiger partial charge in [0.15, 0.2) is 0 Å². The van der Waals surface area contributed by atoms with Gasteiger partial charge in [0.1, 0.15) is 10.0 Å². The van der Waals surface area contributed by atoms with Crippen LogP contribution in [-0.4, -0.2) is 19.6 Å². The average molecular weight is 392 g/mol. The topological polar surface area (TPSA) is 66.4 Å². The molecule has 0 aliphatic heterocycles. The van der Waals surface area contributed by atoms with Gasteiger partial charge in [-0.15, -0.1) is 11.3 Å². The molecule has 0 amide bonds. The summed E-state index contributed by atoms with van der Waals surface area (Å²) in [7, 11) is -3.80. The summed E-state index contributed by atoms with van der Waals surface area (Å²) in [4.78, 5) is 0. The van der Waals surface area contributed by atoms with Gasteiger partial charge in [0.2, 0.25) is 10.0 Å². The van der Waals surface area contributed by atoms with Crippen LogP contribution >= 0.6 is 22.9 Å². The van der Waals surface area contributed by atoms with Crippen LogP contribution in [0, 0.1) is 11.7 Å². The third-order valence-electron chi connectivity index (χ3n) is 3.91. The van der Waals surface area contributed by atoms with Gasteiger partial charge < -0.3 is 5.11 Å². The Morgan fingerprint density at radius 1 is 1.25 bits per heavy atom. The molecule has 0 aliphatic carbocycles. The van der Waals surface area contributed by atoms with E-state index < -0.39 is 28.0 Å². The van der Waals surface area contributed by atoms with E-state index in [4.69, 9.17) is 11.6 Å². The Kier molecular flexibility index (Phi) is 6.39. The van der Waals surface area contributed by atoms with Gasteiger partial charge in [-0.05, 0) is 35.7 Å². The van der Waals surface area contributed by atoms with E-state index in [0.717, 1.165) is 11.3 Å². The van der Waals surface area contributed by atoms with Crippen molar-refractivity contribution in [1.82, 2.24) is 4.72 Å². The molecule has 0 bridgehead atoms. The van der Waals surface area contributed by atoms with Crippen molar-refractivity contribution in [3.05, 3.63) is 52.1 Å². The van der Waals surface area contributed by atoms with Gasteiger partial charge in [-0.3, -0.25) is 0 Å². The monoisotopic (exact) mass is 391 g/mol. The molecule has 132 valence electrons. The van der Waals surface area contributed by atoms with Crippen LogP contribution in [0.3, 0.4) is 0 Å². The summed E-state index contributed by atoms with van der Waals surface area (Å²) in [6, 6.07) is 7.56. The number of aliphatic hydroxyl groups is 1. The number of hydrogen-bond donors (Lipinski definition) is 2. The molecule has 1 aromatic carbocycles. The fourth-order valence-electron chi connectivity index (χ4n) is 2.29. The number of sulfonamides is 1. The van der Waals surface area contributed by atoms with Crippen molar-refractivity contribution in [2.75, 3.05) is 0 Å². The Morgan fingerprint density at radius 2 is 1.88 bits per heavy atom. The van der Waals surface area contributed by atoms with Crippen molar-refractivity contribution in [2.24, 2.45) is 5.92 Å². The predicted octanol–water partition coefficient (Wildman–Crippen LogP) is 3.97. The molecule has 0 saturated carbocycles. The summed E-state index contributed by atoms with van der Waals surface area (Å²) < 4.78 is 41.2. The molecule has 2 N–H and O–H groups in total. The lowest BCUT2D eigenvalue weighted by atomic mass is 9.91. The molecule has 3 atom stereocenters. The van der Waals surface area contributed by atoms with Gasteiger partial charge in [-0.25, -0.2) is 17.5 Å². The summed E-state index contributed by atoms with van der Waals surface area (Å²) >= 11 is 6.76. The zero-order valence-corrected chi connectivity index (χ0v) is 15.6. The minimum Gasteiger partial charge on any atom is -0.387 e. The average Bonchev–Trinajstić information content (AvgIpc) is 2.99. The molecule has 4 nitrogen and oxygen atoms in total. The maximum Gasteiger partial charge on any atom is 0.250 e. The van der Waals surface area contributed by atoms with Gasteiger partial charge in [-0.2, -0.15) is 0 Å².